The third-order valence-corrected chi connectivity index (χ3v) is 3.51. The Kier molecular flexibility index (Phi) is 3.99. The number of benzene rings is 1. The summed E-state index contributed by atoms with van der Waals surface area (Å²) in [6.07, 6.45) is 0. The molecule has 1 heterocycles. The van der Waals surface area contributed by atoms with Crippen molar-refractivity contribution in [1.29, 1.82) is 0 Å². The third kappa shape index (κ3) is 2.71. The number of carbonyl (C=O) groups is 1. The summed E-state index contributed by atoms with van der Waals surface area (Å²) in [7, 11) is 0. The zero-order valence-electron chi connectivity index (χ0n) is 11.1. The largest absolute Gasteiger partial charge is 0.368 e. The third-order valence-electron chi connectivity index (χ3n) is 3.51. The van der Waals surface area contributed by atoms with Crippen LogP contribution < -0.4 is 11.1 Å². The van der Waals surface area contributed by atoms with E-state index in [0.29, 0.717) is 0 Å². The normalized spacial score (nSPS) is 18.6. The number of piperazine rings is 1. The Bertz CT molecular complexity index is 439. The van der Waals surface area contributed by atoms with Crippen LogP contribution >= 0.6 is 0 Å². The number of nitrogens with one attached hydrogen (secondary N) is 1. The van der Waals surface area contributed by atoms with E-state index in [1.807, 2.05) is 19.1 Å². The molecule has 0 aromatic heterocycles. The zero-order valence-corrected chi connectivity index (χ0v) is 11.1. The first kappa shape index (κ1) is 13.1. The first-order valence-corrected chi connectivity index (χ1v) is 6.41. The van der Waals surface area contributed by atoms with E-state index >= 15 is 0 Å². The summed E-state index contributed by atoms with van der Waals surface area (Å²) in [5.74, 6) is -0.260. The minimum atomic E-state index is -0.298. The number of rotatable bonds is 3. The molecule has 98 valence electrons. The lowest BCUT2D eigenvalue weighted by molar-refractivity contribution is -0.123. The Morgan fingerprint density at radius 3 is 2.56 bits per heavy atom. The van der Waals surface area contributed by atoms with Gasteiger partial charge in [-0.25, -0.2) is 0 Å². The maximum absolute atomic E-state index is 11.8. The number of aryl methyl sites for hydroxylation is 2. The van der Waals surface area contributed by atoms with Crippen LogP contribution in [-0.4, -0.2) is 37.0 Å². The van der Waals surface area contributed by atoms with Crippen LogP contribution in [0.15, 0.2) is 18.2 Å². The fourth-order valence-corrected chi connectivity index (χ4v) is 2.60. The van der Waals surface area contributed by atoms with Crippen LogP contribution in [-0.2, 0) is 4.79 Å². The molecule has 4 nitrogen and oxygen atoms in total. The molecular formula is C14H21N3O. The van der Waals surface area contributed by atoms with E-state index in [1.165, 1.54) is 5.56 Å². The predicted molar refractivity (Wildman–Crippen MR) is 72.3 cm³/mol. The van der Waals surface area contributed by atoms with Crippen LogP contribution in [0.4, 0.5) is 0 Å². The second-order valence-corrected chi connectivity index (χ2v) is 4.95. The number of hydrogen-bond acceptors (Lipinski definition) is 3. The SMILES string of the molecule is Cc1ccc(C(C(N)=O)N2CCNCC2)c(C)c1. The number of carbonyl (C=O) groups excluding carboxylic acids is 1. The molecule has 2 rings (SSSR count). The highest BCUT2D eigenvalue weighted by Gasteiger charge is 2.27. The second-order valence-electron chi connectivity index (χ2n) is 4.95. The molecule has 1 atom stereocenters. The van der Waals surface area contributed by atoms with Crippen LogP contribution in [0, 0.1) is 13.8 Å². The van der Waals surface area contributed by atoms with Crippen molar-refractivity contribution in [3.05, 3.63) is 34.9 Å². The summed E-state index contributed by atoms with van der Waals surface area (Å²) in [5.41, 5.74) is 8.99. The summed E-state index contributed by atoms with van der Waals surface area (Å²) >= 11 is 0. The van der Waals surface area contributed by atoms with Crippen molar-refractivity contribution in [2.75, 3.05) is 26.2 Å². The van der Waals surface area contributed by atoms with Gasteiger partial charge in [0.05, 0.1) is 0 Å². The van der Waals surface area contributed by atoms with Gasteiger partial charge in [-0.3, -0.25) is 9.69 Å². The molecule has 0 aliphatic carbocycles. The van der Waals surface area contributed by atoms with Gasteiger partial charge in [0.15, 0.2) is 0 Å². The van der Waals surface area contributed by atoms with Gasteiger partial charge in [-0.1, -0.05) is 23.8 Å². The van der Waals surface area contributed by atoms with Gasteiger partial charge < -0.3 is 11.1 Å². The van der Waals surface area contributed by atoms with Crippen LogP contribution in [0.3, 0.4) is 0 Å². The molecule has 1 aliphatic rings. The van der Waals surface area contributed by atoms with Gasteiger partial charge >= 0.3 is 0 Å². The molecule has 1 aromatic carbocycles. The number of nitrogens with zero attached hydrogens (tertiary/aromatic N) is 1. The lowest BCUT2D eigenvalue weighted by atomic mass is 9.97. The van der Waals surface area contributed by atoms with Crippen molar-refractivity contribution in [1.82, 2.24) is 10.2 Å². The lowest BCUT2D eigenvalue weighted by Gasteiger charge is -2.34. The van der Waals surface area contributed by atoms with Crippen molar-refractivity contribution in [3.8, 4) is 0 Å². The van der Waals surface area contributed by atoms with Crippen molar-refractivity contribution in [3.63, 3.8) is 0 Å². The van der Waals surface area contributed by atoms with E-state index in [-0.39, 0.29) is 11.9 Å². The maximum Gasteiger partial charge on any atom is 0.239 e. The fourth-order valence-electron chi connectivity index (χ4n) is 2.60. The summed E-state index contributed by atoms with van der Waals surface area (Å²) < 4.78 is 0. The number of nitrogens with two attached hydrogens (primary N) is 1. The lowest BCUT2D eigenvalue weighted by Crippen LogP contribution is -2.48. The van der Waals surface area contributed by atoms with E-state index in [4.69, 9.17) is 5.73 Å². The minimum Gasteiger partial charge on any atom is -0.368 e. The summed E-state index contributed by atoms with van der Waals surface area (Å²) in [4.78, 5) is 14.0. The topological polar surface area (TPSA) is 58.4 Å². The average molecular weight is 247 g/mol. The van der Waals surface area contributed by atoms with Crippen molar-refractivity contribution in [2.24, 2.45) is 5.73 Å². The number of hydrogen-bond donors (Lipinski definition) is 2. The van der Waals surface area contributed by atoms with Gasteiger partial charge in [-0.15, -0.1) is 0 Å². The fraction of sp³-hybridized carbons (Fsp3) is 0.500. The predicted octanol–water partition coefficient (Wildman–Crippen LogP) is 0.735. The Balaban J connectivity index is 2.31. The van der Waals surface area contributed by atoms with E-state index < -0.39 is 0 Å². The molecule has 1 amide bonds. The van der Waals surface area contributed by atoms with Crippen molar-refractivity contribution < 1.29 is 4.79 Å². The molecule has 0 bridgehead atoms. The molecule has 1 aliphatic heterocycles. The first-order chi connectivity index (χ1) is 8.59. The van der Waals surface area contributed by atoms with Crippen LogP contribution in [0.1, 0.15) is 22.7 Å². The van der Waals surface area contributed by atoms with E-state index in [2.05, 4.69) is 23.2 Å². The van der Waals surface area contributed by atoms with Crippen molar-refractivity contribution in [2.45, 2.75) is 19.9 Å². The van der Waals surface area contributed by atoms with E-state index in [0.717, 1.165) is 37.3 Å². The molecule has 4 heteroatoms. The van der Waals surface area contributed by atoms with E-state index in [1.54, 1.807) is 0 Å². The molecule has 0 spiro atoms. The van der Waals surface area contributed by atoms with Crippen LogP contribution in [0.2, 0.25) is 0 Å². The van der Waals surface area contributed by atoms with Crippen LogP contribution in [0.5, 0.6) is 0 Å². The standard InChI is InChI=1S/C14H21N3O/c1-10-3-4-12(11(2)9-10)13(14(15)18)17-7-5-16-6-8-17/h3-4,9,13,16H,5-8H2,1-2H3,(H2,15,18). The molecule has 0 saturated carbocycles. The highest BCUT2D eigenvalue weighted by Crippen LogP contribution is 2.24. The Labute approximate surface area is 108 Å². The summed E-state index contributed by atoms with van der Waals surface area (Å²) in [5, 5.41) is 3.29. The molecule has 1 fully saturated rings. The van der Waals surface area contributed by atoms with Gasteiger partial charge in [-0.05, 0) is 25.0 Å². The quantitative estimate of drug-likeness (QED) is 0.828. The highest BCUT2D eigenvalue weighted by atomic mass is 16.1. The van der Waals surface area contributed by atoms with Gasteiger partial charge in [0, 0.05) is 26.2 Å². The second kappa shape index (κ2) is 5.50. The summed E-state index contributed by atoms with van der Waals surface area (Å²) in [6, 6.07) is 5.88. The van der Waals surface area contributed by atoms with Gasteiger partial charge in [0.25, 0.3) is 0 Å². The minimum absolute atomic E-state index is 0.260. The molecule has 1 saturated heterocycles. The molecular weight excluding hydrogens is 226 g/mol. The Hall–Kier alpha value is -1.39. The molecule has 3 N–H and O–H groups in total. The molecule has 0 radical (unpaired) electrons. The van der Waals surface area contributed by atoms with Gasteiger partial charge in [0.2, 0.25) is 5.91 Å². The van der Waals surface area contributed by atoms with E-state index in [9.17, 15) is 4.79 Å². The van der Waals surface area contributed by atoms with Crippen LogP contribution in [0.25, 0.3) is 0 Å². The van der Waals surface area contributed by atoms with Gasteiger partial charge in [0.1, 0.15) is 6.04 Å². The molecule has 1 unspecified atom stereocenters. The number of amides is 1. The highest BCUT2D eigenvalue weighted by molar-refractivity contribution is 5.82. The molecule has 18 heavy (non-hydrogen) atoms. The maximum atomic E-state index is 11.8. The van der Waals surface area contributed by atoms with Crippen molar-refractivity contribution >= 4 is 5.91 Å². The average Bonchev–Trinajstić information content (AvgIpc) is 2.33. The smallest absolute Gasteiger partial charge is 0.239 e. The monoisotopic (exact) mass is 247 g/mol. The summed E-state index contributed by atoms with van der Waals surface area (Å²) in [6.45, 7) is 7.65. The Morgan fingerprint density at radius 1 is 1.33 bits per heavy atom. The number of primary amides is 1. The van der Waals surface area contributed by atoms with Gasteiger partial charge in [-0.2, -0.15) is 0 Å². The first-order valence-electron chi connectivity index (χ1n) is 6.41. The zero-order chi connectivity index (χ0) is 13.1. The molecule has 1 aromatic rings. The Morgan fingerprint density at radius 2 is 2.00 bits per heavy atom.